The molecule has 3 aromatic rings. The van der Waals surface area contributed by atoms with E-state index < -0.39 is 0 Å². The number of hydrogen-bond donors (Lipinski definition) is 1. The Morgan fingerprint density at radius 3 is 2.33 bits per heavy atom. The van der Waals surface area contributed by atoms with Gasteiger partial charge in [0, 0.05) is 17.0 Å². The number of benzene rings is 2. The first-order chi connectivity index (χ1) is 14.4. The number of aromatic nitrogens is 1. The van der Waals surface area contributed by atoms with Gasteiger partial charge in [-0.05, 0) is 43.2 Å². The summed E-state index contributed by atoms with van der Waals surface area (Å²) in [5, 5.41) is 5.29. The molecule has 1 heterocycles. The van der Waals surface area contributed by atoms with Crippen molar-refractivity contribution in [3.63, 3.8) is 0 Å². The van der Waals surface area contributed by atoms with E-state index in [1.807, 2.05) is 5.38 Å². The fraction of sp³-hybridized carbons (Fsp3) is 0.217. The number of amides is 1. The lowest BCUT2D eigenvalue weighted by molar-refractivity contribution is -0.111. The first kappa shape index (κ1) is 21.4. The molecule has 2 aromatic carbocycles. The maximum Gasteiger partial charge on any atom is 0.250 e. The van der Waals surface area contributed by atoms with Crippen molar-refractivity contribution in [2.24, 2.45) is 0 Å². The zero-order valence-corrected chi connectivity index (χ0v) is 18.4. The molecule has 1 aromatic heterocycles. The van der Waals surface area contributed by atoms with Gasteiger partial charge in [-0.15, -0.1) is 11.3 Å². The molecule has 0 aliphatic carbocycles. The summed E-state index contributed by atoms with van der Waals surface area (Å²) in [6, 6.07) is 9.77. The lowest BCUT2D eigenvalue weighted by Gasteiger charge is -2.12. The number of hydrogen-bond acceptors (Lipinski definition) is 6. The Labute approximate surface area is 180 Å². The largest absolute Gasteiger partial charge is 0.493 e. The van der Waals surface area contributed by atoms with E-state index in [4.69, 9.17) is 14.2 Å². The second-order valence-corrected chi connectivity index (χ2v) is 7.50. The molecule has 1 N–H and O–H groups in total. The SMILES string of the molecule is COc1cc(/C=C/C(=O)Nc2nc(-c3ccc(C)cc3C)cs2)cc(OC)c1OC. The third kappa shape index (κ3) is 4.80. The Balaban J connectivity index is 1.73. The number of methoxy groups -OCH3 is 3. The summed E-state index contributed by atoms with van der Waals surface area (Å²) in [5.74, 6) is 1.28. The second-order valence-electron chi connectivity index (χ2n) is 6.64. The van der Waals surface area contributed by atoms with Gasteiger partial charge in [-0.2, -0.15) is 0 Å². The minimum atomic E-state index is -0.273. The van der Waals surface area contributed by atoms with E-state index in [9.17, 15) is 4.79 Å². The van der Waals surface area contributed by atoms with Crippen LogP contribution in [0.3, 0.4) is 0 Å². The van der Waals surface area contributed by atoms with Crippen LogP contribution in [0.2, 0.25) is 0 Å². The van der Waals surface area contributed by atoms with Crippen LogP contribution in [0.15, 0.2) is 41.8 Å². The van der Waals surface area contributed by atoms with Gasteiger partial charge in [0.05, 0.1) is 27.0 Å². The van der Waals surface area contributed by atoms with E-state index in [0.717, 1.165) is 22.4 Å². The van der Waals surface area contributed by atoms with Crippen molar-refractivity contribution < 1.29 is 19.0 Å². The molecular weight excluding hydrogens is 400 g/mol. The third-order valence-electron chi connectivity index (χ3n) is 4.51. The Morgan fingerprint density at radius 2 is 1.73 bits per heavy atom. The molecule has 0 aliphatic rings. The average Bonchev–Trinajstić information content (AvgIpc) is 3.19. The lowest BCUT2D eigenvalue weighted by atomic mass is 10.0. The molecule has 6 nitrogen and oxygen atoms in total. The van der Waals surface area contributed by atoms with Crippen LogP contribution in [-0.2, 0) is 4.79 Å². The Bertz CT molecular complexity index is 1060. The highest BCUT2D eigenvalue weighted by molar-refractivity contribution is 7.14. The molecule has 7 heteroatoms. The molecular formula is C23H24N2O4S. The number of nitrogens with one attached hydrogen (secondary N) is 1. The number of anilines is 1. The van der Waals surface area contributed by atoms with E-state index >= 15 is 0 Å². The molecule has 0 fully saturated rings. The van der Waals surface area contributed by atoms with Crippen LogP contribution in [-0.4, -0.2) is 32.2 Å². The molecule has 0 spiro atoms. The van der Waals surface area contributed by atoms with Gasteiger partial charge in [-0.1, -0.05) is 23.8 Å². The van der Waals surface area contributed by atoms with Gasteiger partial charge in [-0.3, -0.25) is 10.1 Å². The predicted molar refractivity (Wildman–Crippen MR) is 121 cm³/mol. The normalized spacial score (nSPS) is 10.8. The molecule has 0 radical (unpaired) electrons. The van der Waals surface area contributed by atoms with E-state index in [1.165, 1.54) is 23.0 Å². The number of aryl methyl sites for hydroxylation is 2. The molecule has 0 bridgehead atoms. The molecule has 3 rings (SSSR count). The topological polar surface area (TPSA) is 69.7 Å². The Hall–Kier alpha value is -3.32. The number of thiazole rings is 1. The average molecular weight is 425 g/mol. The van der Waals surface area contributed by atoms with Crippen LogP contribution in [0.1, 0.15) is 16.7 Å². The summed E-state index contributed by atoms with van der Waals surface area (Å²) < 4.78 is 16.0. The number of carbonyl (C=O) groups excluding carboxylic acids is 1. The quantitative estimate of drug-likeness (QED) is 0.534. The Morgan fingerprint density at radius 1 is 1.03 bits per heavy atom. The van der Waals surface area contributed by atoms with Crippen molar-refractivity contribution in [1.82, 2.24) is 4.98 Å². The highest BCUT2D eigenvalue weighted by atomic mass is 32.1. The smallest absolute Gasteiger partial charge is 0.250 e. The summed E-state index contributed by atoms with van der Waals surface area (Å²) in [5.41, 5.74) is 5.01. The van der Waals surface area contributed by atoms with Gasteiger partial charge in [0.15, 0.2) is 16.6 Å². The van der Waals surface area contributed by atoms with Crippen LogP contribution < -0.4 is 19.5 Å². The van der Waals surface area contributed by atoms with Crippen molar-refractivity contribution in [2.45, 2.75) is 13.8 Å². The van der Waals surface area contributed by atoms with E-state index in [-0.39, 0.29) is 5.91 Å². The first-order valence-corrected chi connectivity index (χ1v) is 10.2. The molecule has 0 saturated carbocycles. The van der Waals surface area contributed by atoms with E-state index in [0.29, 0.717) is 22.4 Å². The first-order valence-electron chi connectivity index (χ1n) is 9.27. The minimum Gasteiger partial charge on any atom is -0.493 e. The van der Waals surface area contributed by atoms with Gasteiger partial charge < -0.3 is 14.2 Å². The van der Waals surface area contributed by atoms with Gasteiger partial charge in [0.1, 0.15) is 0 Å². The molecule has 0 unspecified atom stereocenters. The van der Waals surface area contributed by atoms with Gasteiger partial charge in [0.25, 0.3) is 0 Å². The summed E-state index contributed by atoms with van der Waals surface area (Å²) in [6.45, 7) is 4.11. The third-order valence-corrected chi connectivity index (χ3v) is 5.26. The lowest BCUT2D eigenvalue weighted by Crippen LogP contribution is -2.07. The molecule has 30 heavy (non-hydrogen) atoms. The minimum absolute atomic E-state index is 0.273. The zero-order chi connectivity index (χ0) is 21.7. The predicted octanol–water partition coefficient (Wildman–Crippen LogP) is 5.10. The van der Waals surface area contributed by atoms with Crippen LogP contribution in [0.25, 0.3) is 17.3 Å². The van der Waals surface area contributed by atoms with Crippen LogP contribution in [0, 0.1) is 13.8 Å². The fourth-order valence-electron chi connectivity index (χ4n) is 3.07. The summed E-state index contributed by atoms with van der Waals surface area (Å²) in [7, 11) is 4.64. The number of nitrogens with zero attached hydrogens (tertiary/aromatic N) is 1. The number of ether oxygens (including phenoxy) is 3. The fourth-order valence-corrected chi connectivity index (χ4v) is 3.79. The van der Waals surface area contributed by atoms with Crippen molar-refractivity contribution in [2.75, 3.05) is 26.6 Å². The van der Waals surface area contributed by atoms with Crippen LogP contribution in [0.4, 0.5) is 5.13 Å². The van der Waals surface area contributed by atoms with Crippen LogP contribution >= 0.6 is 11.3 Å². The van der Waals surface area contributed by atoms with Crippen LogP contribution in [0.5, 0.6) is 17.2 Å². The molecule has 0 atom stereocenters. The van der Waals surface area contributed by atoms with Gasteiger partial charge in [-0.25, -0.2) is 4.98 Å². The Kier molecular flexibility index (Phi) is 6.74. The van der Waals surface area contributed by atoms with Gasteiger partial charge in [0.2, 0.25) is 11.7 Å². The summed E-state index contributed by atoms with van der Waals surface area (Å²) >= 11 is 1.39. The van der Waals surface area contributed by atoms with Crippen molar-refractivity contribution >= 4 is 28.5 Å². The maximum atomic E-state index is 12.4. The number of carbonyl (C=O) groups is 1. The molecule has 0 aliphatic heterocycles. The number of rotatable bonds is 7. The standard InChI is InChI=1S/C23H24N2O4S/c1-14-6-8-17(15(2)10-14)18-13-30-23(24-18)25-21(26)9-7-16-11-19(27-3)22(29-5)20(12-16)28-4/h6-13H,1-5H3,(H,24,25,26)/b9-7+. The monoisotopic (exact) mass is 424 g/mol. The zero-order valence-electron chi connectivity index (χ0n) is 17.6. The van der Waals surface area contributed by atoms with Gasteiger partial charge >= 0.3 is 0 Å². The van der Waals surface area contributed by atoms with E-state index in [1.54, 1.807) is 39.5 Å². The van der Waals surface area contributed by atoms with Crippen molar-refractivity contribution in [3.8, 4) is 28.5 Å². The maximum absolute atomic E-state index is 12.4. The summed E-state index contributed by atoms with van der Waals surface area (Å²) in [6.07, 6.45) is 3.12. The summed E-state index contributed by atoms with van der Waals surface area (Å²) in [4.78, 5) is 16.9. The molecule has 156 valence electrons. The second kappa shape index (κ2) is 9.45. The highest BCUT2D eigenvalue weighted by Crippen LogP contribution is 2.38. The highest BCUT2D eigenvalue weighted by Gasteiger charge is 2.13. The molecule has 1 amide bonds. The molecule has 0 saturated heterocycles. The van der Waals surface area contributed by atoms with Crippen molar-refractivity contribution in [3.05, 3.63) is 58.5 Å². The van der Waals surface area contributed by atoms with Crippen molar-refractivity contribution in [1.29, 1.82) is 0 Å². The van der Waals surface area contributed by atoms with E-state index in [2.05, 4.69) is 42.3 Å².